The number of carbonyl (C=O) groups excluding carboxylic acids is 1. The molecule has 0 aliphatic rings. The summed E-state index contributed by atoms with van der Waals surface area (Å²) in [5.41, 5.74) is 1.25. The van der Waals surface area contributed by atoms with Crippen LogP contribution in [-0.2, 0) is 6.54 Å². The van der Waals surface area contributed by atoms with Gasteiger partial charge in [0.1, 0.15) is 12.7 Å². The number of fused-ring (bicyclic) bond motifs is 1. The van der Waals surface area contributed by atoms with Gasteiger partial charge in [0.2, 0.25) is 0 Å². The average molecular weight is 388 g/mol. The SMILES string of the molecule is CC(C)Cn1nc(C(=O)Nc2ccccc2-n2cncn2)c2ccccc2c1=O. The Kier molecular flexibility index (Phi) is 4.90. The molecule has 0 fully saturated rings. The van der Waals surface area contributed by atoms with Crippen LogP contribution in [0, 0.1) is 5.92 Å². The van der Waals surface area contributed by atoms with E-state index in [4.69, 9.17) is 0 Å². The van der Waals surface area contributed by atoms with E-state index >= 15 is 0 Å². The van der Waals surface area contributed by atoms with E-state index in [-0.39, 0.29) is 17.2 Å². The predicted molar refractivity (Wildman–Crippen MR) is 110 cm³/mol. The normalized spacial score (nSPS) is 11.1. The zero-order valence-corrected chi connectivity index (χ0v) is 16.1. The van der Waals surface area contributed by atoms with E-state index in [1.54, 1.807) is 41.3 Å². The van der Waals surface area contributed by atoms with E-state index in [9.17, 15) is 9.59 Å². The number of benzene rings is 2. The van der Waals surface area contributed by atoms with Crippen molar-refractivity contribution in [2.45, 2.75) is 20.4 Å². The van der Waals surface area contributed by atoms with Crippen LogP contribution in [0.2, 0.25) is 0 Å². The number of carbonyl (C=O) groups is 1. The van der Waals surface area contributed by atoms with Gasteiger partial charge in [0.05, 0.1) is 16.8 Å². The highest BCUT2D eigenvalue weighted by Crippen LogP contribution is 2.21. The third kappa shape index (κ3) is 3.64. The average Bonchev–Trinajstić information content (AvgIpc) is 3.25. The molecule has 8 nitrogen and oxygen atoms in total. The smallest absolute Gasteiger partial charge is 0.276 e. The molecule has 2 heterocycles. The molecular formula is C21H20N6O2. The summed E-state index contributed by atoms with van der Waals surface area (Å²) in [5.74, 6) is -0.184. The van der Waals surface area contributed by atoms with Gasteiger partial charge in [0, 0.05) is 11.9 Å². The van der Waals surface area contributed by atoms with E-state index in [0.29, 0.717) is 28.7 Å². The van der Waals surface area contributed by atoms with Crippen LogP contribution in [0.4, 0.5) is 5.69 Å². The monoisotopic (exact) mass is 388 g/mol. The van der Waals surface area contributed by atoms with Crippen molar-refractivity contribution in [2.24, 2.45) is 5.92 Å². The molecule has 0 spiro atoms. The third-order valence-corrected chi connectivity index (χ3v) is 4.44. The molecular weight excluding hydrogens is 368 g/mol. The summed E-state index contributed by atoms with van der Waals surface area (Å²) in [6.07, 6.45) is 2.98. The maximum atomic E-state index is 13.2. The van der Waals surface area contributed by atoms with Gasteiger partial charge >= 0.3 is 0 Å². The number of nitrogens with zero attached hydrogens (tertiary/aromatic N) is 5. The molecule has 4 rings (SSSR count). The molecule has 0 aliphatic heterocycles. The van der Waals surface area contributed by atoms with Crippen LogP contribution >= 0.6 is 0 Å². The maximum absolute atomic E-state index is 13.2. The van der Waals surface area contributed by atoms with Crippen LogP contribution in [0.3, 0.4) is 0 Å². The standard InChI is InChI=1S/C21H20N6O2/c1-14(2)11-26-21(29)16-8-4-3-7-15(16)19(25-26)20(28)24-17-9-5-6-10-18(17)27-13-22-12-23-27/h3-10,12-14H,11H2,1-2H3,(H,24,28). The van der Waals surface area contributed by atoms with E-state index in [1.165, 1.54) is 11.0 Å². The zero-order valence-electron chi connectivity index (χ0n) is 16.1. The van der Waals surface area contributed by atoms with Crippen molar-refractivity contribution >= 4 is 22.4 Å². The molecule has 0 atom stereocenters. The molecule has 2 aromatic carbocycles. The minimum absolute atomic E-state index is 0.200. The molecule has 146 valence electrons. The number of aromatic nitrogens is 5. The van der Waals surface area contributed by atoms with Gasteiger partial charge in [0.25, 0.3) is 11.5 Å². The fraction of sp³-hybridized carbons (Fsp3) is 0.190. The number of para-hydroxylation sites is 2. The van der Waals surface area contributed by atoms with Crippen molar-refractivity contribution in [2.75, 3.05) is 5.32 Å². The summed E-state index contributed by atoms with van der Waals surface area (Å²) < 4.78 is 2.94. The highest BCUT2D eigenvalue weighted by atomic mass is 16.2. The Morgan fingerprint density at radius 1 is 1.07 bits per heavy atom. The number of rotatable bonds is 5. The first kappa shape index (κ1) is 18.5. The zero-order chi connectivity index (χ0) is 20.4. The molecule has 0 bridgehead atoms. The van der Waals surface area contributed by atoms with E-state index in [0.717, 1.165) is 0 Å². The quantitative estimate of drug-likeness (QED) is 0.567. The van der Waals surface area contributed by atoms with Crippen LogP contribution in [0.5, 0.6) is 0 Å². The fourth-order valence-corrected chi connectivity index (χ4v) is 3.17. The van der Waals surface area contributed by atoms with E-state index < -0.39 is 5.91 Å². The lowest BCUT2D eigenvalue weighted by molar-refractivity contribution is 0.102. The molecule has 0 unspecified atom stereocenters. The molecule has 0 saturated carbocycles. The highest BCUT2D eigenvalue weighted by molar-refractivity contribution is 6.11. The third-order valence-electron chi connectivity index (χ3n) is 4.44. The van der Waals surface area contributed by atoms with Crippen LogP contribution in [0.25, 0.3) is 16.5 Å². The topological polar surface area (TPSA) is 94.7 Å². The summed E-state index contributed by atoms with van der Waals surface area (Å²) in [4.78, 5) is 29.9. The van der Waals surface area contributed by atoms with Crippen molar-refractivity contribution in [3.05, 3.63) is 77.2 Å². The summed E-state index contributed by atoms with van der Waals surface area (Å²) in [7, 11) is 0. The van der Waals surface area contributed by atoms with Gasteiger partial charge in [0.15, 0.2) is 5.69 Å². The number of amides is 1. The Hall–Kier alpha value is -3.81. The second-order valence-electron chi connectivity index (χ2n) is 7.09. The largest absolute Gasteiger partial charge is 0.319 e. The van der Waals surface area contributed by atoms with Gasteiger partial charge in [-0.05, 0) is 24.1 Å². The van der Waals surface area contributed by atoms with E-state index in [2.05, 4.69) is 20.5 Å². The first-order chi connectivity index (χ1) is 14.0. The van der Waals surface area contributed by atoms with Gasteiger partial charge in [-0.25, -0.2) is 14.3 Å². The highest BCUT2D eigenvalue weighted by Gasteiger charge is 2.18. The lowest BCUT2D eigenvalue weighted by atomic mass is 10.1. The first-order valence-electron chi connectivity index (χ1n) is 9.30. The van der Waals surface area contributed by atoms with Crippen molar-refractivity contribution in [3.63, 3.8) is 0 Å². The van der Waals surface area contributed by atoms with Crippen LogP contribution in [0.1, 0.15) is 24.3 Å². The van der Waals surface area contributed by atoms with Gasteiger partial charge in [-0.1, -0.05) is 44.2 Å². The van der Waals surface area contributed by atoms with Crippen LogP contribution in [0.15, 0.2) is 66.0 Å². The maximum Gasteiger partial charge on any atom is 0.276 e. The summed E-state index contributed by atoms with van der Waals surface area (Å²) >= 11 is 0. The summed E-state index contributed by atoms with van der Waals surface area (Å²) in [6, 6.07) is 14.3. The Morgan fingerprint density at radius 2 is 1.79 bits per heavy atom. The molecule has 4 aromatic rings. The molecule has 0 aliphatic carbocycles. The molecule has 1 amide bonds. The second kappa shape index (κ2) is 7.67. The molecule has 29 heavy (non-hydrogen) atoms. The molecule has 1 N–H and O–H groups in total. The lowest BCUT2D eigenvalue weighted by Gasteiger charge is -2.14. The first-order valence-corrected chi connectivity index (χ1v) is 9.30. The predicted octanol–water partition coefficient (Wildman–Crippen LogP) is 2.89. The number of anilines is 1. The minimum atomic E-state index is -0.397. The summed E-state index contributed by atoms with van der Waals surface area (Å²) in [6.45, 7) is 4.42. The van der Waals surface area contributed by atoms with Gasteiger partial charge in [-0.15, -0.1) is 0 Å². The Labute approximate surface area is 166 Å². The Bertz CT molecular complexity index is 1230. The van der Waals surface area contributed by atoms with Gasteiger partial charge < -0.3 is 5.32 Å². The van der Waals surface area contributed by atoms with E-state index in [1.807, 2.05) is 32.0 Å². The van der Waals surface area contributed by atoms with Gasteiger partial charge in [-0.3, -0.25) is 9.59 Å². The number of hydrogen-bond donors (Lipinski definition) is 1. The van der Waals surface area contributed by atoms with Crippen molar-refractivity contribution in [1.82, 2.24) is 24.5 Å². The van der Waals surface area contributed by atoms with Crippen LogP contribution < -0.4 is 10.9 Å². The fourth-order valence-electron chi connectivity index (χ4n) is 3.17. The molecule has 0 saturated heterocycles. The number of nitrogens with one attached hydrogen (secondary N) is 1. The van der Waals surface area contributed by atoms with Crippen molar-refractivity contribution in [1.29, 1.82) is 0 Å². The molecule has 2 aromatic heterocycles. The van der Waals surface area contributed by atoms with Crippen LogP contribution in [-0.4, -0.2) is 30.5 Å². The van der Waals surface area contributed by atoms with Crippen molar-refractivity contribution in [3.8, 4) is 5.69 Å². The van der Waals surface area contributed by atoms with Gasteiger partial charge in [-0.2, -0.15) is 10.2 Å². The summed E-state index contributed by atoms with van der Waals surface area (Å²) in [5, 5.41) is 12.4. The Balaban J connectivity index is 1.79. The minimum Gasteiger partial charge on any atom is -0.319 e. The molecule has 0 radical (unpaired) electrons. The second-order valence-corrected chi connectivity index (χ2v) is 7.09. The van der Waals surface area contributed by atoms with Crippen molar-refractivity contribution < 1.29 is 4.79 Å². The molecule has 8 heteroatoms. The lowest BCUT2D eigenvalue weighted by Crippen LogP contribution is -2.29. The number of hydrogen-bond acceptors (Lipinski definition) is 5. The Morgan fingerprint density at radius 3 is 2.52 bits per heavy atom.